The van der Waals surface area contributed by atoms with E-state index in [1.165, 1.54) is 18.6 Å². The number of fused-ring (bicyclic) bond motifs is 1. The summed E-state index contributed by atoms with van der Waals surface area (Å²) in [5, 5.41) is 21.3. The second-order valence-electron chi connectivity index (χ2n) is 4.07. The van der Waals surface area contributed by atoms with Crippen LogP contribution in [0.25, 0.3) is 10.9 Å². The van der Waals surface area contributed by atoms with E-state index < -0.39 is 4.92 Å². The molecule has 0 saturated carbocycles. The second-order valence-corrected chi connectivity index (χ2v) is 4.07. The van der Waals surface area contributed by atoms with Gasteiger partial charge in [-0.05, 0) is 18.2 Å². The Kier molecular flexibility index (Phi) is 2.96. The number of nitrogens with one attached hydrogen (secondary N) is 2. The Morgan fingerprint density at radius 1 is 1.30 bits per heavy atom. The number of nitrogens with zero attached hydrogens (tertiary/aromatic N) is 4. The molecule has 100 valence electrons. The van der Waals surface area contributed by atoms with Gasteiger partial charge < -0.3 is 5.32 Å². The number of non-ortho nitro benzene ring substituents is 1. The van der Waals surface area contributed by atoms with Gasteiger partial charge in [0.15, 0.2) is 0 Å². The maximum atomic E-state index is 11.0. The number of anilines is 1. The number of nitro benzene ring substituents is 1. The van der Waals surface area contributed by atoms with Crippen molar-refractivity contribution in [3.05, 3.63) is 52.7 Å². The van der Waals surface area contributed by atoms with Crippen molar-refractivity contribution in [2.45, 2.75) is 6.54 Å². The molecule has 0 aliphatic rings. The highest BCUT2D eigenvalue weighted by atomic mass is 16.6. The largest absolute Gasteiger partial charge is 0.377 e. The van der Waals surface area contributed by atoms with Crippen LogP contribution in [-0.4, -0.2) is 25.1 Å². The SMILES string of the molecule is O=[N+]([O-])c1ccc(NCc2ncn[nH]2)c2cccnc12. The number of nitro groups is 1. The van der Waals surface area contributed by atoms with Crippen molar-refractivity contribution in [1.82, 2.24) is 20.2 Å². The zero-order valence-corrected chi connectivity index (χ0v) is 10.3. The fourth-order valence-corrected chi connectivity index (χ4v) is 1.95. The first kappa shape index (κ1) is 12.0. The molecule has 0 bridgehead atoms. The van der Waals surface area contributed by atoms with Crippen LogP contribution in [0.3, 0.4) is 0 Å². The summed E-state index contributed by atoms with van der Waals surface area (Å²) in [7, 11) is 0. The number of hydrogen-bond donors (Lipinski definition) is 2. The number of hydrogen-bond acceptors (Lipinski definition) is 6. The minimum Gasteiger partial charge on any atom is -0.377 e. The number of aromatic nitrogens is 4. The summed E-state index contributed by atoms with van der Waals surface area (Å²) >= 11 is 0. The van der Waals surface area contributed by atoms with Crippen molar-refractivity contribution < 1.29 is 4.92 Å². The molecule has 0 fully saturated rings. The Bertz CT molecular complexity index is 756. The molecule has 0 spiro atoms. The molecule has 2 aromatic heterocycles. The lowest BCUT2D eigenvalue weighted by Crippen LogP contribution is -2.03. The van der Waals surface area contributed by atoms with Crippen LogP contribution in [-0.2, 0) is 6.54 Å². The van der Waals surface area contributed by atoms with Crippen LogP contribution in [0.15, 0.2) is 36.8 Å². The molecule has 20 heavy (non-hydrogen) atoms. The standard InChI is InChI=1S/C12H10N6O2/c19-18(20)10-4-3-9(8-2-1-5-13-12(8)10)14-6-11-15-7-16-17-11/h1-5,7,14H,6H2,(H,15,16,17). The van der Waals surface area contributed by atoms with E-state index in [0.717, 1.165) is 5.69 Å². The highest BCUT2D eigenvalue weighted by Gasteiger charge is 2.15. The molecule has 0 saturated heterocycles. The molecule has 0 aliphatic carbocycles. The Hall–Kier alpha value is -3.03. The quantitative estimate of drug-likeness (QED) is 0.553. The third kappa shape index (κ3) is 2.14. The van der Waals surface area contributed by atoms with E-state index in [1.807, 2.05) is 0 Å². The fraction of sp³-hybridized carbons (Fsp3) is 0.0833. The van der Waals surface area contributed by atoms with Crippen molar-refractivity contribution in [3.8, 4) is 0 Å². The predicted molar refractivity (Wildman–Crippen MR) is 72.1 cm³/mol. The average molecular weight is 270 g/mol. The van der Waals surface area contributed by atoms with Crippen LogP contribution in [0.2, 0.25) is 0 Å². The van der Waals surface area contributed by atoms with Crippen LogP contribution in [0.1, 0.15) is 5.82 Å². The van der Waals surface area contributed by atoms with E-state index in [0.29, 0.717) is 23.3 Å². The molecule has 2 heterocycles. The summed E-state index contributed by atoms with van der Waals surface area (Å²) in [4.78, 5) is 18.7. The average Bonchev–Trinajstić information content (AvgIpc) is 2.97. The van der Waals surface area contributed by atoms with E-state index in [9.17, 15) is 10.1 Å². The van der Waals surface area contributed by atoms with Crippen LogP contribution in [0, 0.1) is 10.1 Å². The van der Waals surface area contributed by atoms with Gasteiger partial charge in [0.2, 0.25) is 0 Å². The van der Waals surface area contributed by atoms with Gasteiger partial charge in [0.05, 0.1) is 11.5 Å². The minimum absolute atomic E-state index is 0.00850. The fourth-order valence-electron chi connectivity index (χ4n) is 1.95. The zero-order valence-electron chi connectivity index (χ0n) is 10.3. The maximum Gasteiger partial charge on any atom is 0.295 e. The van der Waals surface area contributed by atoms with Crippen molar-refractivity contribution in [3.63, 3.8) is 0 Å². The summed E-state index contributed by atoms with van der Waals surface area (Å²) in [5.41, 5.74) is 1.11. The Balaban J connectivity index is 1.99. The Morgan fingerprint density at radius 2 is 2.20 bits per heavy atom. The predicted octanol–water partition coefficient (Wildman–Crippen LogP) is 1.87. The van der Waals surface area contributed by atoms with Gasteiger partial charge in [0.1, 0.15) is 17.7 Å². The monoisotopic (exact) mass is 270 g/mol. The van der Waals surface area contributed by atoms with E-state index in [4.69, 9.17) is 0 Å². The van der Waals surface area contributed by atoms with E-state index >= 15 is 0 Å². The van der Waals surface area contributed by atoms with E-state index in [-0.39, 0.29) is 5.69 Å². The Labute approximate surface area is 113 Å². The minimum atomic E-state index is -0.435. The van der Waals surface area contributed by atoms with Crippen molar-refractivity contribution >= 4 is 22.3 Å². The smallest absolute Gasteiger partial charge is 0.295 e. The lowest BCUT2D eigenvalue weighted by Gasteiger charge is -2.08. The number of pyridine rings is 1. The third-order valence-corrected chi connectivity index (χ3v) is 2.86. The molecule has 0 atom stereocenters. The highest BCUT2D eigenvalue weighted by molar-refractivity contribution is 5.96. The maximum absolute atomic E-state index is 11.0. The number of rotatable bonds is 4. The Morgan fingerprint density at radius 3 is 2.95 bits per heavy atom. The summed E-state index contributed by atoms with van der Waals surface area (Å²) in [6, 6.07) is 6.64. The lowest BCUT2D eigenvalue weighted by molar-refractivity contribution is -0.383. The van der Waals surface area contributed by atoms with Crippen molar-refractivity contribution in [2.75, 3.05) is 5.32 Å². The molecule has 8 nitrogen and oxygen atoms in total. The molecular weight excluding hydrogens is 260 g/mol. The van der Waals surface area contributed by atoms with Gasteiger partial charge in [-0.25, -0.2) is 9.97 Å². The molecule has 0 aliphatic heterocycles. The van der Waals surface area contributed by atoms with Gasteiger partial charge >= 0.3 is 0 Å². The topological polar surface area (TPSA) is 110 Å². The number of H-pyrrole nitrogens is 1. The first-order chi connectivity index (χ1) is 9.75. The summed E-state index contributed by atoms with van der Waals surface area (Å²) in [6.07, 6.45) is 2.96. The lowest BCUT2D eigenvalue weighted by atomic mass is 10.1. The summed E-state index contributed by atoms with van der Waals surface area (Å²) in [6.45, 7) is 0.446. The molecule has 0 amide bonds. The third-order valence-electron chi connectivity index (χ3n) is 2.86. The van der Waals surface area contributed by atoms with Crippen molar-refractivity contribution in [1.29, 1.82) is 0 Å². The van der Waals surface area contributed by atoms with E-state index in [2.05, 4.69) is 25.5 Å². The van der Waals surface area contributed by atoms with Crippen LogP contribution >= 0.6 is 0 Å². The van der Waals surface area contributed by atoms with Gasteiger partial charge in [-0.1, -0.05) is 0 Å². The van der Waals surface area contributed by atoms with Gasteiger partial charge in [-0.15, -0.1) is 0 Å². The van der Waals surface area contributed by atoms with Crippen LogP contribution in [0.4, 0.5) is 11.4 Å². The number of aromatic amines is 1. The molecule has 3 aromatic rings. The van der Waals surface area contributed by atoms with Crippen molar-refractivity contribution in [2.24, 2.45) is 0 Å². The molecule has 0 radical (unpaired) electrons. The van der Waals surface area contributed by atoms with Gasteiger partial charge in [0, 0.05) is 23.3 Å². The van der Waals surface area contributed by atoms with E-state index in [1.54, 1.807) is 18.2 Å². The van der Waals surface area contributed by atoms with Crippen LogP contribution in [0.5, 0.6) is 0 Å². The molecule has 1 aromatic carbocycles. The first-order valence-corrected chi connectivity index (χ1v) is 5.86. The first-order valence-electron chi connectivity index (χ1n) is 5.86. The highest BCUT2D eigenvalue weighted by Crippen LogP contribution is 2.29. The van der Waals surface area contributed by atoms with Gasteiger partial charge in [-0.2, -0.15) is 5.10 Å². The van der Waals surface area contributed by atoms with Crippen LogP contribution < -0.4 is 5.32 Å². The summed E-state index contributed by atoms with van der Waals surface area (Å²) in [5.74, 6) is 0.681. The van der Waals surface area contributed by atoms with Gasteiger partial charge in [0.25, 0.3) is 5.69 Å². The molecule has 8 heteroatoms. The summed E-state index contributed by atoms with van der Waals surface area (Å²) < 4.78 is 0. The second kappa shape index (κ2) is 4.92. The van der Waals surface area contributed by atoms with Gasteiger partial charge in [-0.3, -0.25) is 15.2 Å². The normalized spacial score (nSPS) is 10.6. The molecule has 3 rings (SSSR count). The number of benzene rings is 1. The zero-order chi connectivity index (χ0) is 13.9. The molecule has 2 N–H and O–H groups in total. The molecule has 0 unspecified atom stereocenters. The molecular formula is C12H10N6O2.